The Hall–Kier alpha value is -1.63. The summed E-state index contributed by atoms with van der Waals surface area (Å²) in [5.41, 5.74) is 0. The van der Waals surface area contributed by atoms with Crippen molar-refractivity contribution in [3.63, 3.8) is 0 Å². The number of carbonyl (C=O) groups excluding carboxylic acids is 2. The number of hydrogen-bond donors (Lipinski definition) is 2. The predicted octanol–water partition coefficient (Wildman–Crippen LogP) is 0.504. The Bertz CT molecular complexity index is 426. The number of carboxylic acids is 1. The number of aliphatic carboxylic acids is 1. The summed E-state index contributed by atoms with van der Waals surface area (Å²) in [5.74, 6) is -1.09. The van der Waals surface area contributed by atoms with Crippen LogP contribution in [0.2, 0.25) is 0 Å². The summed E-state index contributed by atoms with van der Waals surface area (Å²) in [6, 6.07) is 0.141. The molecule has 7 heteroatoms. The second kappa shape index (κ2) is 6.89. The highest BCUT2D eigenvalue weighted by atomic mass is 16.4. The number of hydrogen-bond acceptors (Lipinski definition) is 4. The molecule has 2 rings (SSSR count). The number of fused-ring (bicyclic) bond motifs is 1. The summed E-state index contributed by atoms with van der Waals surface area (Å²) in [4.78, 5) is 38.0. The number of amides is 3. The molecule has 3 amide bonds. The van der Waals surface area contributed by atoms with Crippen LogP contribution in [0.15, 0.2) is 0 Å². The summed E-state index contributed by atoms with van der Waals surface area (Å²) in [5, 5.41) is 10.8. The average Bonchev–Trinajstić information content (AvgIpc) is 2.45. The highest BCUT2D eigenvalue weighted by Gasteiger charge is 2.35. The molecule has 2 N–H and O–H groups in total. The first-order valence-corrected chi connectivity index (χ1v) is 7.48. The molecular weight excluding hydrogens is 274 g/mol. The normalized spacial score (nSPS) is 26.0. The van der Waals surface area contributed by atoms with Gasteiger partial charge in [0.05, 0.1) is 6.42 Å². The van der Waals surface area contributed by atoms with Crippen LogP contribution in [0.5, 0.6) is 0 Å². The van der Waals surface area contributed by atoms with Crippen LogP contribution in [-0.2, 0) is 9.59 Å². The number of nitrogens with zero attached hydrogens (tertiary/aromatic N) is 2. The van der Waals surface area contributed by atoms with Gasteiger partial charge in [-0.3, -0.25) is 14.9 Å². The minimum Gasteiger partial charge on any atom is -0.481 e. The molecule has 2 aliphatic rings. The largest absolute Gasteiger partial charge is 0.481 e. The van der Waals surface area contributed by atoms with Gasteiger partial charge in [-0.2, -0.15) is 0 Å². The molecule has 2 heterocycles. The van der Waals surface area contributed by atoms with E-state index in [-0.39, 0.29) is 12.8 Å². The third-order valence-corrected chi connectivity index (χ3v) is 4.45. The SMILES string of the molecule is CN1CCCC2CN(C(=O)NC(=O)CCC(=O)O)CCC21. The van der Waals surface area contributed by atoms with E-state index in [0.29, 0.717) is 25.0 Å². The van der Waals surface area contributed by atoms with Gasteiger partial charge in [0.15, 0.2) is 0 Å². The Balaban J connectivity index is 1.81. The maximum absolute atomic E-state index is 12.0. The summed E-state index contributed by atoms with van der Waals surface area (Å²) < 4.78 is 0. The molecule has 0 radical (unpaired) electrons. The maximum Gasteiger partial charge on any atom is 0.324 e. The van der Waals surface area contributed by atoms with Crippen LogP contribution in [0.4, 0.5) is 4.79 Å². The third-order valence-electron chi connectivity index (χ3n) is 4.45. The van der Waals surface area contributed by atoms with E-state index in [1.165, 1.54) is 0 Å². The van der Waals surface area contributed by atoms with Crippen molar-refractivity contribution in [3.05, 3.63) is 0 Å². The average molecular weight is 297 g/mol. The van der Waals surface area contributed by atoms with Crippen molar-refractivity contribution in [2.75, 3.05) is 26.7 Å². The molecule has 2 unspecified atom stereocenters. The van der Waals surface area contributed by atoms with Gasteiger partial charge in [-0.15, -0.1) is 0 Å². The first-order valence-electron chi connectivity index (χ1n) is 7.48. The second-order valence-electron chi connectivity index (χ2n) is 5.93. The minimum atomic E-state index is -1.04. The fraction of sp³-hybridized carbons (Fsp3) is 0.786. The highest BCUT2D eigenvalue weighted by Crippen LogP contribution is 2.29. The number of imide groups is 1. The van der Waals surface area contributed by atoms with E-state index in [1.807, 2.05) is 0 Å². The molecule has 0 bridgehead atoms. The topological polar surface area (TPSA) is 90.0 Å². The molecule has 7 nitrogen and oxygen atoms in total. The van der Waals surface area contributed by atoms with Crippen LogP contribution < -0.4 is 5.32 Å². The van der Waals surface area contributed by atoms with Crippen LogP contribution in [-0.4, -0.2) is 65.5 Å². The number of carbonyl (C=O) groups is 3. The zero-order chi connectivity index (χ0) is 15.4. The Morgan fingerprint density at radius 2 is 1.95 bits per heavy atom. The van der Waals surface area contributed by atoms with E-state index < -0.39 is 17.9 Å². The van der Waals surface area contributed by atoms with Gasteiger partial charge in [0.1, 0.15) is 0 Å². The summed E-state index contributed by atoms with van der Waals surface area (Å²) in [6.45, 7) is 2.43. The molecule has 2 atom stereocenters. The zero-order valence-electron chi connectivity index (χ0n) is 12.4. The predicted molar refractivity (Wildman–Crippen MR) is 75.7 cm³/mol. The molecular formula is C14H23N3O4. The molecule has 118 valence electrons. The van der Waals surface area contributed by atoms with E-state index in [9.17, 15) is 14.4 Å². The lowest BCUT2D eigenvalue weighted by Gasteiger charge is -2.45. The van der Waals surface area contributed by atoms with Gasteiger partial charge in [-0.1, -0.05) is 0 Å². The monoisotopic (exact) mass is 297 g/mol. The van der Waals surface area contributed by atoms with Crippen LogP contribution in [0.3, 0.4) is 0 Å². The Morgan fingerprint density at radius 1 is 1.19 bits per heavy atom. The third kappa shape index (κ3) is 4.17. The van der Waals surface area contributed by atoms with Gasteiger partial charge in [0, 0.05) is 25.6 Å². The minimum absolute atomic E-state index is 0.163. The maximum atomic E-state index is 12.0. The van der Waals surface area contributed by atoms with Crippen molar-refractivity contribution < 1.29 is 19.5 Å². The lowest BCUT2D eigenvalue weighted by atomic mass is 9.84. The number of carboxylic acid groups (broad SMARTS) is 1. The number of piperidine rings is 2. The molecule has 0 spiro atoms. The van der Waals surface area contributed by atoms with E-state index in [1.54, 1.807) is 4.90 Å². The lowest BCUT2D eigenvalue weighted by molar-refractivity contribution is -0.138. The van der Waals surface area contributed by atoms with E-state index >= 15 is 0 Å². The molecule has 0 saturated carbocycles. The highest BCUT2D eigenvalue weighted by molar-refractivity contribution is 5.95. The van der Waals surface area contributed by atoms with Crippen molar-refractivity contribution in [1.82, 2.24) is 15.1 Å². The van der Waals surface area contributed by atoms with Crippen LogP contribution in [0.25, 0.3) is 0 Å². The zero-order valence-corrected chi connectivity index (χ0v) is 12.4. The molecule has 2 aliphatic heterocycles. The van der Waals surface area contributed by atoms with Crippen LogP contribution in [0, 0.1) is 5.92 Å². The summed E-state index contributed by atoms with van der Waals surface area (Å²) >= 11 is 0. The summed E-state index contributed by atoms with van der Waals surface area (Å²) in [6.07, 6.45) is 2.77. The molecule has 21 heavy (non-hydrogen) atoms. The van der Waals surface area contributed by atoms with E-state index in [4.69, 9.17) is 5.11 Å². The Labute approximate surface area is 124 Å². The van der Waals surface area contributed by atoms with Crippen LogP contribution in [0.1, 0.15) is 32.1 Å². The van der Waals surface area contributed by atoms with Gasteiger partial charge in [-0.25, -0.2) is 4.79 Å². The smallest absolute Gasteiger partial charge is 0.324 e. The Kier molecular flexibility index (Phi) is 5.17. The van der Waals surface area contributed by atoms with Gasteiger partial charge in [-0.05, 0) is 38.8 Å². The second-order valence-corrected chi connectivity index (χ2v) is 5.93. The molecule has 0 aliphatic carbocycles. The first-order chi connectivity index (χ1) is 9.97. The molecule has 0 aromatic rings. The van der Waals surface area contributed by atoms with Crippen molar-refractivity contribution in [3.8, 4) is 0 Å². The molecule has 2 saturated heterocycles. The lowest BCUT2D eigenvalue weighted by Crippen LogP contribution is -2.56. The van der Waals surface area contributed by atoms with Crippen LogP contribution >= 0.6 is 0 Å². The molecule has 0 aromatic carbocycles. The van der Waals surface area contributed by atoms with Crippen molar-refractivity contribution >= 4 is 17.9 Å². The molecule has 0 aromatic heterocycles. The number of likely N-dealkylation sites (tertiary alicyclic amines) is 2. The fourth-order valence-electron chi connectivity index (χ4n) is 3.32. The first kappa shape index (κ1) is 15.8. The number of urea groups is 1. The van der Waals surface area contributed by atoms with Gasteiger partial charge in [0.2, 0.25) is 5.91 Å². The van der Waals surface area contributed by atoms with Gasteiger partial charge in [0.25, 0.3) is 0 Å². The molecule has 2 fully saturated rings. The van der Waals surface area contributed by atoms with Crippen molar-refractivity contribution in [2.24, 2.45) is 5.92 Å². The summed E-state index contributed by atoms with van der Waals surface area (Å²) in [7, 11) is 2.13. The standard InChI is InChI=1S/C14H23N3O4/c1-16-7-2-3-10-9-17(8-6-11(10)16)14(21)15-12(18)4-5-13(19)20/h10-11H,2-9H2,1H3,(H,19,20)(H,15,18,21). The van der Waals surface area contributed by atoms with Crippen molar-refractivity contribution in [1.29, 1.82) is 0 Å². The van der Waals surface area contributed by atoms with Gasteiger partial charge >= 0.3 is 12.0 Å². The number of rotatable bonds is 3. The van der Waals surface area contributed by atoms with Crippen molar-refractivity contribution in [2.45, 2.75) is 38.1 Å². The fourth-order valence-corrected chi connectivity index (χ4v) is 3.32. The van der Waals surface area contributed by atoms with E-state index in [0.717, 1.165) is 25.8 Å². The van der Waals surface area contributed by atoms with E-state index in [2.05, 4.69) is 17.3 Å². The Morgan fingerprint density at radius 3 is 2.67 bits per heavy atom. The van der Waals surface area contributed by atoms with Gasteiger partial charge < -0.3 is 14.9 Å². The number of nitrogens with one attached hydrogen (secondary N) is 1. The quantitative estimate of drug-likeness (QED) is 0.792.